The third kappa shape index (κ3) is 3.01. The molecule has 1 heterocycles. The minimum absolute atomic E-state index is 0.240. The fourth-order valence-corrected chi connectivity index (χ4v) is 1.63. The minimum Gasteiger partial charge on any atom is -0.389 e. The Kier molecular flexibility index (Phi) is 3.84. The molecule has 0 spiro atoms. The molecule has 0 amide bonds. The molecule has 0 aliphatic carbocycles. The summed E-state index contributed by atoms with van der Waals surface area (Å²) in [6, 6.07) is 10.1. The van der Waals surface area contributed by atoms with Gasteiger partial charge in [-0.3, -0.25) is 0 Å². The lowest BCUT2D eigenvalue weighted by Gasteiger charge is -2.07. The normalized spacial score (nSPS) is 10.1. The first-order valence-corrected chi connectivity index (χ1v) is 5.81. The zero-order valence-electron chi connectivity index (χ0n) is 9.56. The molecule has 0 fully saturated rings. The third-order valence-electron chi connectivity index (χ3n) is 2.46. The van der Waals surface area contributed by atoms with Crippen LogP contribution in [0.4, 0.5) is 10.2 Å². The molecule has 0 aliphatic heterocycles. The van der Waals surface area contributed by atoms with E-state index < -0.39 is 0 Å². The lowest BCUT2D eigenvalue weighted by molar-refractivity contribution is 0.613. The fourth-order valence-electron chi connectivity index (χ4n) is 1.51. The van der Waals surface area contributed by atoms with Crippen molar-refractivity contribution in [1.29, 1.82) is 0 Å². The van der Waals surface area contributed by atoms with E-state index in [4.69, 9.17) is 18.0 Å². The summed E-state index contributed by atoms with van der Waals surface area (Å²) in [7, 11) is 0. The Labute approximate surface area is 110 Å². The smallest absolute Gasteiger partial charge is 0.128 e. The number of pyridine rings is 1. The highest BCUT2D eigenvalue weighted by molar-refractivity contribution is 7.80. The summed E-state index contributed by atoms with van der Waals surface area (Å²) in [6.07, 6.45) is 1.61. The Morgan fingerprint density at radius 2 is 2.11 bits per heavy atom. The molecule has 0 atom stereocenters. The molecule has 1 aromatic heterocycles. The molecule has 2 rings (SSSR count). The molecule has 0 saturated carbocycles. The second-order valence-electron chi connectivity index (χ2n) is 3.74. The van der Waals surface area contributed by atoms with Gasteiger partial charge in [0.05, 0.1) is 0 Å². The van der Waals surface area contributed by atoms with Gasteiger partial charge in [0.2, 0.25) is 0 Å². The first-order valence-electron chi connectivity index (χ1n) is 5.40. The quantitative estimate of drug-likeness (QED) is 0.830. The SMILES string of the molecule is NC(=S)c1ccnc(NCc2ccccc2F)c1. The van der Waals surface area contributed by atoms with E-state index in [0.29, 0.717) is 22.9 Å². The van der Waals surface area contributed by atoms with E-state index in [0.717, 1.165) is 5.56 Å². The topological polar surface area (TPSA) is 50.9 Å². The van der Waals surface area contributed by atoms with Crippen LogP contribution in [-0.2, 0) is 6.54 Å². The maximum atomic E-state index is 13.4. The van der Waals surface area contributed by atoms with Crippen LogP contribution in [0.15, 0.2) is 42.6 Å². The Bertz CT molecular complexity index is 572. The van der Waals surface area contributed by atoms with Gasteiger partial charge >= 0.3 is 0 Å². The summed E-state index contributed by atoms with van der Waals surface area (Å²) in [6.45, 7) is 0.362. The number of anilines is 1. The van der Waals surface area contributed by atoms with E-state index in [1.54, 1.807) is 36.5 Å². The number of benzene rings is 1. The molecule has 3 N–H and O–H groups in total. The van der Waals surface area contributed by atoms with Crippen LogP contribution in [0.1, 0.15) is 11.1 Å². The first-order chi connectivity index (χ1) is 8.66. The van der Waals surface area contributed by atoms with E-state index in [2.05, 4.69) is 10.3 Å². The maximum absolute atomic E-state index is 13.4. The van der Waals surface area contributed by atoms with E-state index in [-0.39, 0.29) is 5.82 Å². The Balaban J connectivity index is 2.09. The number of rotatable bonds is 4. The van der Waals surface area contributed by atoms with Gasteiger partial charge in [0.25, 0.3) is 0 Å². The number of hydrogen-bond acceptors (Lipinski definition) is 3. The van der Waals surface area contributed by atoms with Crippen LogP contribution in [0.2, 0.25) is 0 Å². The van der Waals surface area contributed by atoms with Crippen LogP contribution in [0.3, 0.4) is 0 Å². The molecule has 2 aromatic rings. The summed E-state index contributed by atoms with van der Waals surface area (Å²) in [4.78, 5) is 4.43. The van der Waals surface area contributed by atoms with Crippen molar-refractivity contribution in [3.63, 3.8) is 0 Å². The van der Waals surface area contributed by atoms with Crippen molar-refractivity contribution in [3.05, 3.63) is 59.5 Å². The van der Waals surface area contributed by atoms with E-state index in [9.17, 15) is 4.39 Å². The predicted octanol–water partition coefficient (Wildman–Crippen LogP) is 2.47. The molecular formula is C13H12FN3S. The first kappa shape index (κ1) is 12.4. The molecule has 0 unspecified atom stereocenters. The number of nitrogens with one attached hydrogen (secondary N) is 1. The van der Waals surface area contributed by atoms with E-state index in [1.807, 2.05) is 0 Å². The van der Waals surface area contributed by atoms with Gasteiger partial charge < -0.3 is 11.1 Å². The number of nitrogens with two attached hydrogens (primary N) is 1. The summed E-state index contributed by atoms with van der Waals surface area (Å²) >= 11 is 4.88. The van der Waals surface area contributed by atoms with Gasteiger partial charge in [0, 0.05) is 23.9 Å². The molecule has 0 bridgehead atoms. The molecule has 0 saturated heterocycles. The highest BCUT2D eigenvalue weighted by atomic mass is 32.1. The Morgan fingerprint density at radius 1 is 1.33 bits per heavy atom. The summed E-state index contributed by atoms with van der Waals surface area (Å²) < 4.78 is 13.4. The van der Waals surface area contributed by atoms with Crippen molar-refractivity contribution in [2.24, 2.45) is 5.73 Å². The largest absolute Gasteiger partial charge is 0.389 e. The van der Waals surface area contributed by atoms with E-state index in [1.165, 1.54) is 6.07 Å². The van der Waals surface area contributed by atoms with Gasteiger partial charge in [0.1, 0.15) is 16.6 Å². The van der Waals surface area contributed by atoms with Crippen LogP contribution < -0.4 is 11.1 Å². The average molecular weight is 261 g/mol. The second kappa shape index (κ2) is 5.55. The van der Waals surface area contributed by atoms with Gasteiger partial charge in [-0.1, -0.05) is 30.4 Å². The van der Waals surface area contributed by atoms with Crippen molar-refractivity contribution in [2.75, 3.05) is 5.32 Å². The van der Waals surface area contributed by atoms with Gasteiger partial charge in [-0.15, -0.1) is 0 Å². The molecule has 0 radical (unpaired) electrons. The van der Waals surface area contributed by atoms with Crippen molar-refractivity contribution in [3.8, 4) is 0 Å². The molecule has 1 aromatic carbocycles. The highest BCUT2D eigenvalue weighted by Gasteiger charge is 2.02. The minimum atomic E-state index is -0.240. The summed E-state index contributed by atoms with van der Waals surface area (Å²) in [5, 5.41) is 3.03. The van der Waals surface area contributed by atoms with Gasteiger partial charge in [-0.25, -0.2) is 9.37 Å². The van der Waals surface area contributed by atoms with Crippen LogP contribution in [0.25, 0.3) is 0 Å². The van der Waals surface area contributed by atoms with Crippen molar-refractivity contribution >= 4 is 23.0 Å². The standard InChI is InChI=1S/C13H12FN3S/c14-11-4-2-1-3-10(11)8-17-12-7-9(13(15)18)5-6-16-12/h1-7H,8H2,(H2,15,18)(H,16,17). The molecule has 0 aliphatic rings. The molecule has 18 heavy (non-hydrogen) atoms. The van der Waals surface area contributed by atoms with Crippen LogP contribution in [0.5, 0.6) is 0 Å². The van der Waals surface area contributed by atoms with Gasteiger partial charge in [-0.05, 0) is 18.2 Å². The monoisotopic (exact) mass is 261 g/mol. The lowest BCUT2D eigenvalue weighted by Crippen LogP contribution is -2.10. The highest BCUT2D eigenvalue weighted by Crippen LogP contribution is 2.11. The number of thiocarbonyl (C=S) groups is 1. The lowest BCUT2D eigenvalue weighted by atomic mass is 10.2. The van der Waals surface area contributed by atoms with Crippen molar-refractivity contribution < 1.29 is 4.39 Å². The maximum Gasteiger partial charge on any atom is 0.128 e. The van der Waals surface area contributed by atoms with Crippen molar-refractivity contribution in [1.82, 2.24) is 4.98 Å². The zero-order chi connectivity index (χ0) is 13.0. The summed E-state index contributed by atoms with van der Waals surface area (Å²) in [5.74, 6) is 0.374. The van der Waals surface area contributed by atoms with E-state index >= 15 is 0 Å². The fraction of sp³-hybridized carbons (Fsp3) is 0.0769. The number of halogens is 1. The third-order valence-corrected chi connectivity index (χ3v) is 2.70. The Hall–Kier alpha value is -2.01. The second-order valence-corrected chi connectivity index (χ2v) is 4.18. The van der Waals surface area contributed by atoms with Crippen LogP contribution >= 0.6 is 12.2 Å². The predicted molar refractivity (Wildman–Crippen MR) is 73.9 cm³/mol. The van der Waals surface area contributed by atoms with Crippen molar-refractivity contribution in [2.45, 2.75) is 6.54 Å². The Morgan fingerprint density at radius 3 is 2.83 bits per heavy atom. The average Bonchev–Trinajstić information content (AvgIpc) is 2.38. The number of hydrogen-bond donors (Lipinski definition) is 2. The van der Waals surface area contributed by atoms with Gasteiger partial charge in [-0.2, -0.15) is 0 Å². The van der Waals surface area contributed by atoms with Gasteiger partial charge in [0.15, 0.2) is 0 Å². The molecule has 5 heteroatoms. The van der Waals surface area contributed by atoms with Crippen LogP contribution in [0, 0.1) is 5.82 Å². The molecule has 92 valence electrons. The molecular weight excluding hydrogens is 249 g/mol. The number of nitrogens with zero attached hydrogens (tertiary/aromatic N) is 1. The summed E-state index contributed by atoms with van der Waals surface area (Å²) in [5.41, 5.74) is 6.85. The number of aromatic nitrogens is 1. The zero-order valence-corrected chi connectivity index (χ0v) is 10.4. The molecule has 3 nitrogen and oxygen atoms in total. The van der Waals surface area contributed by atoms with Crippen LogP contribution in [-0.4, -0.2) is 9.97 Å².